The summed E-state index contributed by atoms with van der Waals surface area (Å²) >= 11 is 5.64. The van der Waals surface area contributed by atoms with Crippen molar-refractivity contribution >= 4 is 39.2 Å². The van der Waals surface area contributed by atoms with E-state index < -0.39 is 64.2 Å². The number of hydrogen-bond acceptors (Lipinski definition) is 5. The van der Waals surface area contributed by atoms with E-state index in [1.165, 1.54) is 0 Å². The molecule has 1 amide bonds. The highest BCUT2D eigenvalue weighted by Gasteiger charge is 2.38. The molecule has 206 valence electrons. The van der Waals surface area contributed by atoms with Crippen LogP contribution in [0.2, 0.25) is 5.02 Å². The van der Waals surface area contributed by atoms with Crippen molar-refractivity contribution in [3.63, 3.8) is 0 Å². The molecule has 0 aromatic heterocycles. The fraction of sp³-hybridized carbons (Fsp3) is 0.231. The number of carbonyl (C=O) groups excluding carboxylic acids is 2. The van der Waals surface area contributed by atoms with Crippen LogP contribution in [-0.4, -0.2) is 37.8 Å². The lowest BCUT2D eigenvalue weighted by molar-refractivity contribution is -0.148. The van der Waals surface area contributed by atoms with Crippen LogP contribution in [0.4, 0.5) is 23.2 Å². The monoisotopic (exact) mass is 584 g/mol. The van der Waals surface area contributed by atoms with Gasteiger partial charge in [-0.3, -0.25) is 9.59 Å². The molecule has 0 unspecified atom stereocenters. The van der Waals surface area contributed by atoms with Gasteiger partial charge in [-0.25, -0.2) is 12.8 Å². The molecule has 0 saturated carbocycles. The summed E-state index contributed by atoms with van der Waals surface area (Å²) in [5, 5.41) is 1.87. The Morgan fingerprint density at radius 2 is 1.74 bits per heavy atom. The molecule has 0 aliphatic carbocycles. The number of halogens is 5. The van der Waals surface area contributed by atoms with E-state index in [0.29, 0.717) is 18.1 Å². The Bertz CT molecular complexity index is 1500. The third kappa shape index (κ3) is 6.57. The molecule has 13 heteroatoms. The van der Waals surface area contributed by atoms with E-state index in [0.717, 1.165) is 46.3 Å². The van der Waals surface area contributed by atoms with E-state index >= 15 is 0 Å². The van der Waals surface area contributed by atoms with E-state index in [2.05, 4.69) is 0 Å². The predicted molar refractivity (Wildman–Crippen MR) is 134 cm³/mol. The van der Waals surface area contributed by atoms with Crippen molar-refractivity contribution in [2.45, 2.75) is 30.0 Å². The molecular formula is C26H21ClF4N2O5S. The maximum absolute atomic E-state index is 13.4. The fourth-order valence-electron chi connectivity index (χ4n) is 4.28. The standard InChI is InChI=1S/C26H21ClF4N2O5S/c27-17-5-10-22(21(13-17)26(29,30)31)32-24(34)15-38-25(35)14-23-20-4-2-1-3-16(20)11-12-33(23)39(36,37)19-8-6-18(28)7-9-19/h1-10,13,23H,11-12,14-15H2,(H,32,34)/t23-/m0/s1. The first-order valence-electron chi connectivity index (χ1n) is 11.5. The Hall–Kier alpha value is -3.48. The van der Waals surface area contributed by atoms with E-state index in [1.54, 1.807) is 24.3 Å². The average molecular weight is 585 g/mol. The molecule has 1 aliphatic rings. The van der Waals surface area contributed by atoms with Gasteiger partial charge in [0.05, 0.1) is 28.6 Å². The summed E-state index contributed by atoms with van der Waals surface area (Å²) in [6, 6.07) is 13.0. The molecule has 1 atom stereocenters. The molecule has 0 spiro atoms. The zero-order chi connectivity index (χ0) is 28.4. The number of sulfonamides is 1. The van der Waals surface area contributed by atoms with Gasteiger partial charge in [-0.1, -0.05) is 35.9 Å². The zero-order valence-electron chi connectivity index (χ0n) is 20.0. The molecule has 0 bridgehead atoms. The number of nitrogens with zero attached hydrogens (tertiary/aromatic N) is 1. The summed E-state index contributed by atoms with van der Waals surface area (Å²) in [6.45, 7) is -0.871. The second kappa shape index (κ2) is 11.3. The van der Waals surface area contributed by atoms with Gasteiger partial charge in [0.15, 0.2) is 6.61 Å². The summed E-state index contributed by atoms with van der Waals surface area (Å²) in [5.41, 5.74) is -0.353. The summed E-state index contributed by atoms with van der Waals surface area (Å²) in [7, 11) is -4.15. The number of carbonyl (C=O) groups is 2. The molecule has 7 nitrogen and oxygen atoms in total. The van der Waals surface area contributed by atoms with Gasteiger partial charge in [0, 0.05) is 11.6 Å². The Morgan fingerprint density at radius 3 is 2.44 bits per heavy atom. The van der Waals surface area contributed by atoms with Crippen molar-refractivity contribution in [3.05, 3.63) is 94.3 Å². The van der Waals surface area contributed by atoms with Crippen molar-refractivity contribution in [1.29, 1.82) is 0 Å². The number of esters is 1. The SMILES string of the molecule is O=C(COC(=O)C[C@H]1c2ccccc2CCN1S(=O)(=O)c1ccc(F)cc1)Nc1ccc(Cl)cc1C(F)(F)F. The first-order valence-corrected chi connectivity index (χ1v) is 13.4. The first kappa shape index (κ1) is 28.5. The Kier molecular flexibility index (Phi) is 8.28. The van der Waals surface area contributed by atoms with E-state index in [1.807, 2.05) is 5.32 Å². The number of benzene rings is 3. The molecule has 0 radical (unpaired) electrons. The number of fused-ring (bicyclic) bond motifs is 1. The van der Waals surface area contributed by atoms with Crippen molar-refractivity contribution in [2.75, 3.05) is 18.5 Å². The van der Waals surface area contributed by atoms with Gasteiger partial charge in [0.1, 0.15) is 5.82 Å². The molecule has 0 saturated heterocycles. The smallest absolute Gasteiger partial charge is 0.418 e. The topological polar surface area (TPSA) is 92.8 Å². The molecule has 1 heterocycles. The second-order valence-corrected chi connectivity index (χ2v) is 11.0. The highest BCUT2D eigenvalue weighted by Crippen LogP contribution is 2.38. The van der Waals surface area contributed by atoms with E-state index in [4.69, 9.17) is 16.3 Å². The van der Waals surface area contributed by atoms with Crippen LogP contribution >= 0.6 is 11.6 Å². The largest absolute Gasteiger partial charge is 0.456 e. The molecule has 3 aromatic rings. The van der Waals surface area contributed by atoms with Gasteiger partial charge in [-0.05, 0) is 60.0 Å². The van der Waals surface area contributed by atoms with Crippen molar-refractivity contribution < 1.29 is 40.3 Å². The molecular weight excluding hydrogens is 564 g/mol. The van der Waals surface area contributed by atoms with Gasteiger partial charge in [-0.15, -0.1) is 0 Å². The summed E-state index contributed by atoms with van der Waals surface area (Å²) < 4.78 is 86.1. The number of nitrogens with one attached hydrogen (secondary N) is 1. The Morgan fingerprint density at radius 1 is 1.05 bits per heavy atom. The third-order valence-electron chi connectivity index (χ3n) is 6.07. The van der Waals surface area contributed by atoms with Gasteiger partial charge >= 0.3 is 12.1 Å². The van der Waals surface area contributed by atoms with Crippen LogP contribution in [0, 0.1) is 5.82 Å². The quantitative estimate of drug-likeness (QED) is 0.298. The molecule has 4 rings (SSSR count). The lowest BCUT2D eigenvalue weighted by Gasteiger charge is -2.36. The summed E-state index contributed by atoms with van der Waals surface area (Å²) in [5.74, 6) is -2.59. The maximum atomic E-state index is 13.4. The van der Waals surface area contributed by atoms with Crippen LogP contribution in [0.25, 0.3) is 0 Å². The number of anilines is 1. The predicted octanol–water partition coefficient (Wildman–Crippen LogP) is 5.36. The van der Waals surface area contributed by atoms with Crippen LogP contribution in [-0.2, 0) is 36.9 Å². The minimum Gasteiger partial charge on any atom is -0.456 e. The summed E-state index contributed by atoms with van der Waals surface area (Å²) in [6.07, 6.45) is -4.90. The number of amides is 1. The van der Waals surface area contributed by atoms with Gasteiger partial charge in [0.25, 0.3) is 5.91 Å². The zero-order valence-corrected chi connectivity index (χ0v) is 21.6. The first-order chi connectivity index (χ1) is 18.4. The normalized spacial score (nSPS) is 15.9. The van der Waals surface area contributed by atoms with Crippen LogP contribution in [0.5, 0.6) is 0 Å². The molecule has 1 aliphatic heterocycles. The van der Waals surface area contributed by atoms with E-state index in [-0.39, 0.29) is 16.5 Å². The highest BCUT2D eigenvalue weighted by molar-refractivity contribution is 7.89. The van der Waals surface area contributed by atoms with Gasteiger partial charge in [-0.2, -0.15) is 17.5 Å². The minimum atomic E-state index is -4.79. The van der Waals surface area contributed by atoms with E-state index in [9.17, 15) is 35.6 Å². The number of ether oxygens (including phenoxy) is 1. The van der Waals surface area contributed by atoms with Gasteiger partial charge in [0.2, 0.25) is 10.0 Å². The lowest BCUT2D eigenvalue weighted by Crippen LogP contribution is -2.41. The maximum Gasteiger partial charge on any atom is 0.418 e. The van der Waals surface area contributed by atoms with Crippen molar-refractivity contribution in [1.82, 2.24) is 4.31 Å². The number of hydrogen-bond donors (Lipinski definition) is 1. The molecule has 1 N–H and O–H groups in total. The molecule has 3 aromatic carbocycles. The van der Waals surface area contributed by atoms with Crippen LogP contribution in [0.1, 0.15) is 29.2 Å². The average Bonchev–Trinajstić information content (AvgIpc) is 2.88. The number of alkyl halides is 3. The lowest BCUT2D eigenvalue weighted by atomic mass is 9.92. The minimum absolute atomic E-state index is 0.0337. The molecule has 39 heavy (non-hydrogen) atoms. The Balaban J connectivity index is 1.49. The van der Waals surface area contributed by atoms with Crippen LogP contribution in [0.3, 0.4) is 0 Å². The summed E-state index contributed by atoms with van der Waals surface area (Å²) in [4.78, 5) is 24.9. The van der Waals surface area contributed by atoms with Gasteiger partial charge < -0.3 is 10.1 Å². The molecule has 0 fully saturated rings. The second-order valence-electron chi connectivity index (χ2n) is 8.63. The highest BCUT2D eigenvalue weighted by atomic mass is 35.5. The fourth-order valence-corrected chi connectivity index (χ4v) is 6.06. The van der Waals surface area contributed by atoms with Crippen LogP contribution in [0.15, 0.2) is 71.6 Å². The van der Waals surface area contributed by atoms with Crippen molar-refractivity contribution in [3.8, 4) is 0 Å². The van der Waals surface area contributed by atoms with Crippen LogP contribution < -0.4 is 5.32 Å². The van der Waals surface area contributed by atoms with Crippen molar-refractivity contribution in [2.24, 2.45) is 0 Å². The third-order valence-corrected chi connectivity index (χ3v) is 8.23. The Labute approximate surface area is 226 Å². The number of rotatable bonds is 7.